The van der Waals surface area contributed by atoms with Crippen molar-refractivity contribution in [3.05, 3.63) is 19.0 Å². The molecule has 2 aromatic heterocycles. The topological polar surface area (TPSA) is 185 Å². The van der Waals surface area contributed by atoms with E-state index >= 15 is 0 Å². The molecule has 0 aliphatic carbocycles. The molecule has 44 heavy (non-hydrogen) atoms. The first-order valence-electron chi connectivity index (χ1n) is 15.5. The number of nitrogens with zero attached hydrogens (tertiary/aromatic N) is 4. The van der Waals surface area contributed by atoms with Gasteiger partial charge in [-0.3, -0.25) is 14.2 Å². The van der Waals surface area contributed by atoms with Crippen LogP contribution in [-0.4, -0.2) is 76.3 Å². The quantitative estimate of drug-likeness (QED) is 0.0550. The molecule has 0 saturated heterocycles. The molecule has 0 aromatic carbocycles. The third kappa shape index (κ3) is 12.9. The Labute approximate surface area is 260 Å². The van der Waals surface area contributed by atoms with Crippen molar-refractivity contribution in [3.8, 4) is 0 Å². The van der Waals surface area contributed by atoms with Crippen molar-refractivity contribution in [1.29, 1.82) is 0 Å². The lowest BCUT2D eigenvalue weighted by molar-refractivity contribution is -0.145. The van der Waals surface area contributed by atoms with Crippen LogP contribution in [0.5, 0.6) is 0 Å². The molecule has 2 heterocycles. The number of esters is 2. The van der Waals surface area contributed by atoms with Crippen LogP contribution in [-0.2, 0) is 34.9 Å². The third-order valence-electron chi connectivity index (χ3n) is 6.64. The number of rotatable bonds is 24. The molecule has 0 aliphatic rings. The van der Waals surface area contributed by atoms with Gasteiger partial charge >= 0.3 is 11.9 Å². The molecule has 0 saturated carbocycles. The van der Waals surface area contributed by atoms with E-state index in [1.807, 2.05) is 0 Å². The van der Waals surface area contributed by atoms with Gasteiger partial charge in [-0.05, 0) is 26.7 Å². The molecule has 0 unspecified atom stereocenters. The smallest absolute Gasteiger partial charge is 0.323 e. The van der Waals surface area contributed by atoms with Gasteiger partial charge in [0.05, 0.1) is 26.1 Å². The fourth-order valence-corrected chi connectivity index (χ4v) is 6.34. The van der Waals surface area contributed by atoms with Crippen molar-refractivity contribution in [2.24, 2.45) is 0 Å². The summed E-state index contributed by atoms with van der Waals surface area (Å²) in [6.07, 6.45) is 10.7. The Hall–Kier alpha value is -3.06. The van der Waals surface area contributed by atoms with Gasteiger partial charge in [0.15, 0.2) is 17.0 Å². The molecule has 15 heteroatoms. The summed E-state index contributed by atoms with van der Waals surface area (Å²) in [6.45, 7) is 12.5. The van der Waals surface area contributed by atoms with Crippen molar-refractivity contribution in [3.63, 3.8) is 0 Å². The Kier molecular flexibility index (Phi) is 16.9. The standard InChI is InChI=1S/C29H51N8O6P/c1-6-9-11-13-17-42-27(38)22(4)35-44(40,36-23(5)28(39)43-18-14-12-10-7-2)21-41-19-16-37-20-32-24-25(31-15-8-3)33-29(30)34-26(24)37/h8,20,22-23H,3,6-7,9-19,21H2,1-2,4-5H3,(H2,35,36,40)(H3,30,31,33,34)/t22-,23-/m0/s1. The Balaban J connectivity index is 2.03. The maximum atomic E-state index is 14.0. The molecule has 0 amide bonds. The molecular formula is C29H51N8O6P. The van der Waals surface area contributed by atoms with Gasteiger partial charge < -0.3 is 29.8 Å². The van der Waals surface area contributed by atoms with E-state index in [-0.39, 0.29) is 32.1 Å². The molecule has 0 spiro atoms. The highest BCUT2D eigenvalue weighted by molar-refractivity contribution is 7.59. The highest BCUT2D eigenvalue weighted by Gasteiger charge is 2.32. The van der Waals surface area contributed by atoms with E-state index in [0.29, 0.717) is 30.1 Å². The predicted octanol–water partition coefficient (Wildman–Crippen LogP) is 4.38. The number of aromatic nitrogens is 4. The number of anilines is 2. The van der Waals surface area contributed by atoms with Gasteiger partial charge in [-0.15, -0.1) is 6.58 Å². The summed E-state index contributed by atoms with van der Waals surface area (Å²) < 4.78 is 32.3. The molecule has 5 N–H and O–H groups in total. The Morgan fingerprint density at radius 2 is 1.57 bits per heavy atom. The van der Waals surface area contributed by atoms with Crippen molar-refractivity contribution in [2.45, 2.75) is 97.7 Å². The molecule has 0 aliphatic heterocycles. The molecule has 0 bridgehead atoms. The van der Waals surface area contributed by atoms with Gasteiger partial charge in [-0.25, -0.2) is 15.2 Å². The molecule has 14 nitrogen and oxygen atoms in total. The lowest BCUT2D eigenvalue weighted by Crippen LogP contribution is -2.43. The minimum atomic E-state index is -3.64. The van der Waals surface area contributed by atoms with Crippen LogP contribution < -0.4 is 21.2 Å². The van der Waals surface area contributed by atoms with Crippen LogP contribution in [0.15, 0.2) is 19.0 Å². The van der Waals surface area contributed by atoms with Crippen LogP contribution in [0.1, 0.15) is 79.1 Å². The van der Waals surface area contributed by atoms with Crippen LogP contribution >= 0.6 is 7.44 Å². The van der Waals surface area contributed by atoms with Gasteiger partial charge in [-0.2, -0.15) is 9.97 Å². The average Bonchev–Trinajstić information content (AvgIpc) is 3.40. The summed E-state index contributed by atoms with van der Waals surface area (Å²) in [4.78, 5) is 38.1. The summed E-state index contributed by atoms with van der Waals surface area (Å²) in [5.74, 6) is -0.486. The lowest BCUT2D eigenvalue weighted by atomic mass is 10.2. The Morgan fingerprint density at radius 3 is 2.11 bits per heavy atom. The zero-order valence-electron chi connectivity index (χ0n) is 26.7. The van der Waals surface area contributed by atoms with E-state index in [1.165, 1.54) is 0 Å². The summed E-state index contributed by atoms with van der Waals surface area (Å²) in [6, 6.07) is -1.81. The summed E-state index contributed by atoms with van der Waals surface area (Å²) in [5, 5.41) is 8.77. The molecule has 0 radical (unpaired) electrons. The van der Waals surface area contributed by atoms with E-state index < -0.39 is 31.5 Å². The SMILES string of the molecule is C=CCNc1nc(N)nc2c1ncn2CCOCP(=O)(N[C@@H](C)C(=O)OCCCCCC)N[C@@H](C)C(=O)OCCCCCC. The summed E-state index contributed by atoms with van der Waals surface area (Å²) in [5.41, 5.74) is 6.94. The van der Waals surface area contributed by atoms with E-state index in [1.54, 1.807) is 30.8 Å². The zero-order valence-corrected chi connectivity index (χ0v) is 27.6. The van der Waals surface area contributed by atoms with E-state index in [4.69, 9.17) is 19.9 Å². The monoisotopic (exact) mass is 638 g/mol. The summed E-state index contributed by atoms with van der Waals surface area (Å²) >= 11 is 0. The average molecular weight is 639 g/mol. The van der Waals surface area contributed by atoms with E-state index in [9.17, 15) is 14.2 Å². The van der Waals surface area contributed by atoms with Gasteiger partial charge in [0.2, 0.25) is 13.4 Å². The van der Waals surface area contributed by atoms with Gasteiger partial charge in [0, 0.05) is 13.1 Å². The van der Waals surface area contributed by atoms with Crippen molar-refractivity contribution >= 4 is 42.3 Å². The number of carbonyl (C=O) groups excluding carboxylic acids is 2. The second kappa shape index (κ2) is 20.1. The number of nitrogens with one attached hydrogen (secondary N) is 3. The second-order valence-electron chi connectivity index (χ2n) is 10.6. The van der Waals surface area contributed by atoms with Crippen molar-refractivity contribution < 1.29 is 28.4 Å². The number of nitrogen functional groups attached to an aromatic ring is 1. The summed E-state index contributed by atoms with van der Waals surface area (Å²) in [7, 11) is -3.64. The Morgan fingerprint density at radius 1 is 0.977 bits per heavy atom. The molecule has 248 valence electrons. The van der Waals surface area contributed by atoms with Crippen LogP contribution in [0.4, 0.5) is 11.8 Å². The number of imidazole rings is 1. The molecular weight excluding hydrogens is 587 g/mol. The fourth-order valence-electron chi connectivity index (χ4n) is 4.27. The van der Waals surface area contributed by atoms with Crippen LogP contribution in [0.2, 0.25) is 0 Å². The first kappa shape index (κ1) is 37.1. The minimum absolute atomic E-state index is 0.0853. The van der Waals surface area contributed by atoms with Crippen LogP contribution in [0.25, 0.3) is 11.2 Å². The molecule has 2 aromatic rings. The Bertz CT molecular complexity index is 1190. The maximum absolute atomic E-state index is 14.0. The number of fused-ring (bicyclic) bond motifs is 1. The predicted molar refractivity (Wildman–Crippen MR) is 172 cm³/mol. The maximum Gasteiger partial charge on any atom is 0.323 e. The fraction of sp³-hybridized carbons (Fsp3) is 0.690. The number of nitrogens with two attached hydrogens (primary N) is 1. The van der Waals surface area contributed by atoms with Crippen molar-refractivity contribution in [1.82, 2.24) is 29.7 Å². The lowest BCUT2D eigenvalue weighted by Gasteiger charge is -2.26. The molecule has 2 atom stereocenters. The van der Waals surface area contributed by atoms with Crippen LogP contribution in [0, 0.1) is 0 Å². The van der Waals surface area contributed by atoms with E-state index in [0.717, 1.165) is 51.4 Å². The number of unbranched alkanes of at least 4 members (excludes halogenated alkanes) is 6. The van der Waals surface area contributed by atoms with Gasteiger partial charge in [-0.1, -0.05) is 58.4 Å². The van der Waals surface area contributed by atoms with Gasteiger partial charge in [0.1, 0.15) is 18.4 Å². The normalized spacial score (nSPS) is 13.0. The minimum Gasteiger partial charge on any atom is -0.465 e. The largest absolute Gasteiger partial charge is 0.465 e. The number of carbonyl (C=O) groups is 2. The van der Waals surface area contributed by atoms with Crippen molar-refractivity contribution in [2.75, 3.05) is 43.8 Å². The number of hydrogen-bond acceptors (Lipinski definition) is 11. The number of ether oxygens (including phenoxy) is 3. The third-order valence-corrected chi connectivity index (χ3v) is 8.80. The highest BCUT2D eigenvalue weighted by atomic mass is 31.2. The molecule has 2 rings (SSSR count). The second-order valence-corrected chi connectivity index (χ2v) is 12.9. The first-order chi connectivity index (χ1) is 21.1. The zero-order chi connectivity index (χ0) is 32.4. The first-order valence-corrected chi connectivity index (χ1v) is 17.4. The van der Waals surface area contributed by atoms with Gasteiger partial charge in [0.25, 0.3) is 0 Å². The molecule has 0 fully saturated rings. The van der Waals surface area contributed by atoms with E-state index in [2.05, 4.69) is 50.9 Å². The number of hydrogen-bond donors (Lipinski definition) is 4. The highest BCUT2D eigenvalue weighted by Crippen LogP contribution is 2.37. The van der Waals surface area contributed by atoms with Crippen LogP contribution in [0.3, 0.4) is 0 Å².